The number of ether oxygens (including phenoxy) is 1. The van der Waals surface area contributed by atoms with Crippen molar-refractivity contribution >= 4 is 30.7 Å². The highest BCUT2D eigenvalue weighted by Gasteiger charge is 2.43. The largest absolute Gasteiger partial charge is 0.467 e. The van der Waals surface area contributed by atoms with Gasteiger partial charge in [0.05, 0.1) is 32.1 Å². The fourth-order valence-corrected chi connectivity index (χ4v) is 4.59. The molecule has 1 atom stereocenters. The maximum atomic E-state index is 13.3. The molecule has 0 bridgehead atoms. The number of carbonyl (C=O) groups is 1. The summed E-state index contributed by atoms with van der Waals surface area (Å²) in [6.45, 7) is 8.71. The van der Waals surface area contributed by atoms with E-state index in [2.05, 4.69) is 15.5 Å². The molecule has 4 rings (SSSR count). The monoisotopic (exact) mass is 448 g/mol. The third-order valence-electron chi connectivity index (χ3n) is 6.35. The number of furan rings is 1. The first-order chi connectivity index (χ1) is 13.2. The molecule has 1 aromatic heterocycles. The summed E-state index contributed by atoms with van der Waals surface area (Å²) in [6, 6.07) is 3.77. The molecular formula is C20H34Cl2N4O3. The van der Waals surface area contributed by atoms with Crippen molar-refractivity contribution in [1.29, 1.82) is 0 Å². The number of nitrogens with zero attached hydrogens (tertiary/aromatic N) is 2. The van der Waals surface area contributed by atoms with Gasteiger partial charge in [0.1, 0.15) is 5.76 Å². The SMILES string of the molecule is Cl.Cl.O=C(C1CC2(CCNCC2)CN1)N(CCN1CCOCC1)Cc1ccco1. The van der Waals surface area contributed by atoms with Crippen LogP contribution in [0.3, 0.4) is 0 Å². The third-order valence-corrected chi connectivity index (χ3v) is 6.35. The van der Waals surface area contributed by atoms with Gasteiger partial charge in [-0.2, -0.15) is 0 Å². The van der Waals surface area contributed by atoms with E-state index in [0.29, 0.717) is 12.0 Å². The molecule has 1 aromatic rings. The van der Waals surface area contributed by atoms with Gasteiger partial charge in [-0.1, -0.05) is 0 Å². The summed E-state index contributed by atoms with van der Waals surface area (Å²) in [5.41, 5.74) is 0.298. The summed E-state index contributed by atoms with van der Waals surface area (Å²) < 4.78 is 11.0. The predicted octanol–water partition coefficient (Wildman–Crippen LogP) is 1.52. The van der Waals surface area contributed by atoms with E-state index >= 15 is 0 Å². The van der Waals surface area contributed by atoms with Crippen molar-refractivity contribution < 1.29 is 13.9 Å². The number of carbonyl (C=O) groups excluding carboxylic acids is 1. The first-order valence-electron chi connectivity index (χ1n) is 10.3. The van der Waals surface area contributed by atoms with Crippen LogP contribution in [0.15, 0.2) is 22.8 Å². The Morgan fingerprint density at radius 3 is 2.69 bits per heavy atom. The highest BCUT2D eigenvalue weighted by molar-refractivity contribution is 5.85. The van der Waals surface area contributed by atoms with Crippen molar-refractivity contribution in [2.75, 3.05) is 59.0 Å². The van der Waals surface area contributed by atoms with Gasteiger partial charge in [0, 0.05) is 32.7 Å². The quantitative estimate of drug-likeness (QED) is 0.687. The molecule has 3 saturated heterocycles. The normalized spacial score (nSPS) is 23.9. The Kier molecular flexibility index (Phi) is 9.72. The molecular weight excluding hydrogens is 415 g/mol. The summed E-state index contributed by atoms with van der Waals surface area (Å²) in [5.74, 6) is 1.06. The fraction of sp³-hybridized carbons (Fsp3) is 0.750. The summed E-state index contributed by atoms with van der Waals surface area (Å²) in [6.07, 6.45) is 4.96. The number of amides is 1. The maximum absolute atomic E-state index is 13.3. The minimum absolute atomic E-state index is 0. The lowest BCUT2D eigenvalue weighted by atomic mass is 9.77. The Morgan fingerprint density at radius 1 is 1.24 bits per heavy atom. The first-order valence-corrected chi connectivity index (χ1v) is 10.3. The second-order valence-corrected chi connectivity index (χ2v) is 8.18. The van der Waals surface area contributed by atoms with Crippen LogP contribution in [0.4, 0.5) is 0 Å². The van der Waals surface area contributed by atoms with Crippen LogP contribution in [0.25, 0.3) is 0 Å². The minimum Gasteiger partial charge on any atom is -0.467 e. The van der Waals surface area contributed by atoms with Crippen LogP contribution in [-0.2, 0) is 16.1 Å². The summed E-state index contributed by atoms with van der Waals surface area (Å²) in [5, 5.41) is 6.97. The van der Waals surface area contributed by atoms with Gasteiger partial charge >= 0.3 is 0 Å². The molecule has 3 aliphatic rings. The Balaban J connectivity index is 0.00000150. The van der Waals surface area contributed by atoms with Gasteiger partial charge in [-0.25, -0.2) is 0 Å². The number of nitrogens with one attached hydrogen (secondary N) is 2. The molecule has 2 N–H and O–H groups in total. The molecule has 3 aliphatic heterocycles. The summed E-state index contributed by atoms with van der Waals surface area (Å²) in [4.78, 5) is 17.7. The molecule has 1 amide bonds. The van der Waals surface area contributed by atoms with Gasteiger partial charge in [0.2, 0.25) is 5.91 Å². The fourth-order valence-electron chi connectivity index (χ4n) is 4.59. The third kappa shape index (κ3) is 6.32. The van der Waals surface area contributed by atoms with Crippen LogP contribution in [0.5, 0.6) is 0 Å². The van der Waals surface area contributed by atoms with Crippen LogP contribution in [0.2, 0.25) is 0 Å². The molecule has 0 aliphatic carbocycles. The topological polar surface area (TPSA) is 70.0 Å². The van der Waals surface area contributed by atoms with Gasteiger partial charge in [0.15, 0.2) is 0 Å². The average Bonchev–Trinajstić information content (AvgIpc) is 3.36. The van der Waals surface area contributed by atoms with Crippen molar-refractivity contribution in [2.24, 2.45) is 5.41 Å². The van der Waals surface area contributed by atoms with Crippen LogP contribution in [0.1, 0.15) is 25.0 Å². The van der Waals surface area contributed by atoms with Crippen LogP contribution >= 0.6 is 24.8 Å². The van der Waals surface area contributed by atoms with E-state index in [1.807, 2.05) is 17.0 Å². The second kappa shape index (κ2) is 11.5. The second-order valence-electron chi connectivity index (χ2n) is 8.18. The van der Waals surface area contributed by atoms with Crippen LogP contribution in [-0.4, -0.2) is 80.8 Å². The number of halogens is 2. The zero-order chi connectivity index (χ0) is 18.5. The zero-order valence-electron chi connectivity index (χ0n) is 16.9. The van der Waals surface area contributed by atoms with Gasteiger partial charge in [-0.05, 0) is 49.9 Å². The molecule has 7 nitrogen and oxygen atoms in total. The Hall–Kier alpha value is -0.830. The number of hydrogen-bond acceptors (Lipinski definition) is 6. The predicted molar refractivity (Wildman–Crippen MR) is 117 cm³/mol. The van der Waals surface area contributed by atoms with Crippen LogP contribution < -0.4 is 10.6 Å². The van der Waals surface area contributed by atoms with Crippen molar-refractivity contribution in [3.63, 3.8) is 0 Å². The number of piperidine rings is 1. The lowest BCUT2D eigenvalue weighted by molar-refractivity contribution is -0.134. The molecule has 0 radical (unpaired) electrons. The Morgan fingerprint density at radius 2 is 2.00 bits per heavy atom. The minimum atomic E-state index is -0.0669. The van der Waals surface area contributed by atoms with E-state index in [0.717, 1.165) is 84.0 Å². The van der Waals surface area contributed by atoms with Crippen molar-refractivity contribution in [1.82, 2.24) is 20.4 Å². The maximum Gasteiger partial charge on any atom is 0.240 e. The van der Waals surface area contributed by atoms with Gasteiger partial charge in [-0.3, -0.25) is 9.69 Å². The molecule has 29 heavy (non-hydrogen) atoms. The molecule has 0 aromatic carbocycles. The van der Waals surface area contributed by atoms with Crippen molar-refractivity contribution in [2.45, 2.75) is 31.8 Å². The van der Waals surface area contributed by atoms with Crippen LogP contribution in [0, 0.1) is 5.41 Å². The van der Waals surface area contributed by atoms with E-state index in [4.69, 9.17) is 9.15 Å². The lowest BCUT2D eigenvalue weighted by Crippen LogP contribution is -2.47. The molecule has 1 spiro atoms. The summed E-state index contributed by atoms with van der Waals surface area (Å²) in [7, 11) is 0. The van der Waals surface area contributed by atoms with Gasteiger partial charge < -0.3 is 24.7 Å². The van der Waals surface area contributed by atoms with Gasteiger partial charge in [-0.15, -0.1) is 24.8 Å². The zero-order valence-corrected chi connectivity index (χ0v) is 18.6. The van der Waals surface area contributed by atoms with Crippen molar-refractivity contribution in [3.8, 4) is 0 Å². The smallest absolute Gasteiger partial charge is 0.240 e. The highest BCUT2D eigenvalue weighted by Crippen LogP contribution is 2.37. The molecule has 1 unspecified atom stereocenters. The molecule has 9 heteroatoms. The van der Waals surface area contributed by atoms with E-state index in [-0.39, 0.29) is 36.8 Å². The molecule has 166 valence electrons. The average molecular weight is 449 g/mol. The molecule has 3 fully saturated rings. The Labute approximate surface area is 185 Å². The number of hydrogen-bond donors (Lipinski definition) is 2. The summed E-state index contributed by atoms with van der Waals surface area (Å²) >= 11 is 0. The molecule has 4 heterocycles. The van der Waals surface area contributed by atoms with Gasteiger partial charge in [0.25, 0.3) is 0 Å². The first kappa shape index (κ1) is 24.4. The number of rotatable bonds is 6. The number of morpholine rings is 1. The van der Waals surface area contributed by atoms with Crippen molar-refractivity contribution in [3.05, 3.63) is 24.2 Å². The Bertz CT molecular complexity index is 605. The molecule has 0 saturated carbocycles. The van der Waals surface area contributed by atoms with E-state index < -0.39 is 0 Å². The van der Waals surface area contributed by atoms with E-state index in [1.54, 1.807) is 6.26 Å². The standard InChI is InChI=1S/C20H32N4O3.2ClH/c25-19(18-14-20(16-22-18)3-5-21-6-4-20)24(15-17-2-1-11-27-17)8-7-23-9-12-26-13-10-23;;/h1-2,11,18,21-22H,3-10,12-16H2;2*1H. The van der Waals surface area contributed by atoms with E-state index in [1.165, 1.54) is 0 Å². The van der Waals surface area contributed by atoms with E-state index in [9.17, 15) is 4.79 Å². The lowest BCUT2D eigenvalue weighted by Gasteiger charge is -2.33. The highest BCUT2D eigenvalue weighted by atomic mass is 35.5.